The van der Waals surface area contributed by atoms with Crippen LogP contribution >= 0.6 is 46.1 Å². The predicted molar refractivity (Wildman–Crippen MR) is 108 cm³/mol. The number of halogens is 3. The fourth-order valence-corrected chi connectivity index (χ4v) is 4.24. The van der Waals surface area contributed by atoms with Gasteiger partial charge >= 0.3 is 5.97 Å². The Morgan fingerprint density at radius 2 is 1.88 bits per heavy atom. The first kappa shape index (κ1) is 21.6. The lowest BCUT2D eigenvalue weighted by atomic mass is 9.95. The van der Waals surface area contributed by atoms with Crippen LogP contribution in [0, 0.1) is 5.41 Å². The summed E-state index contributed by atoms with van der Waals surface area (Å²) in [6, 6.07) is 0. The summed E-state index contributed by atoms with van der Waals surface area (Å²) in [5.41, 5.74) is 0.812. The Morgan fingerprint density at radius 3 is 2.42 bits per heavy atom. The SMILES string of the molecule is CCOC(=O)c1c(NC(NC(=O)C(C)(C)C)C(Cl)(Cl)Cl)sc2c1CCC2. The van der Waals surface area contributed by atoms with Crippen LogP contribution in [0.3, 0.4) is 0 Å². The number of ether oxygens (including phenoxy) is 1. The summed E-state index contributed by atoms with van der Waals surface area (Å²) in [7, 11) is 0. The van der Waals surface area contributed by atoms with Crippen LogP contribution in [0.5, 0.6) is 0 Å². The van der Waals surface area contributed by atoms with Crippen molar-refractivity contribution in [1.29, 1.82) is 0 Å². The summed E-state index contributed by atoms with van der Waals surface area (Å²) in [5.74, 6) is -0.678. The van der Waals surface area contributed by atoms with Gasteiger partial charge in [-0.25, -0.2) is 4.79 Å². The number of anilines is 1. The zero-order valence-corrected chi connectivity index (χ0v) is 18.3. The normalized spacial score (nSPS) is 15.3. The van der Waals surface area contributed by atoms with Gasteiger partial charge in [-0.05, 0) is 31.7 Å². The molecule has 2 N–H and O–H groups in total. The minimum absolute atomic E-state index is 0.275. The molecule has 1 aromatic rings. The molecule has 1 amide bonds. The first-order valence-corrected chi connectivity index (χ1v) is 10.4. The van der Waals surface area contributed by atoms with Gasteiger partial charge in [0.1, 0.15) is 11.2 Å². The van der Waals surface area contributed by atoms with Crippen LogP contribution in [0.4, 0.5) is 5.00 Å². The van der Waals surface area contributed by atoms with Gasteiger partial charge in [-0.1, -0.05) is 55.6 Å². The molecule has 5 nitrogen and oxygen atoms in total. The number of alkyl halides is 3. The Bertz CT molecular complexity index is 693. The lowest BCUT2D eigenvalue weighted by Gasteiger charge is -2.30. The van der Waals surface area contributed by atoms with Crippen molar-refractivity contribution < 1.29 is 14.3 Å². The van der Waals surface area contributed by atoms with E-state index in [1.807, 2.05) is 0 Å². The molecule has 0 radical (unpaired) electrons. The maximum Gasteiger partial charge on any atom is 0.341 e. The Labute approximate surface area is 172 Å². The summed E-state index contributed by atoms with van der Waals surface area (Å²) < 4.78 is 3.39. The quantitative estimate of drug-likeness (QED) is 0.395. The highest BCUT2D eigenvalue weighted by atomic mass is 35.6. The summed E-state index contributed by atoms with van der Waals surface area (Å²) >= 11 is 19.7. The van der Waals surface area contributed by atoms with Crippen molar-refractivity contribution in [2.24, 2.45) is 5.41 Å². The smallest absolute Gasteiger partial charge is 0.341 e. The molecule has 0 saturated heterocycles. The van der Waals surface area contributed by atoms with Gasteiger partial charge in [0.2, 0.25) is 9.70 Å². The minimum Gasteiger partial charge on any atom is -0.462 e. The van der Waals surface area contributed by atoms with Gasteiger partial charge in [0.15, 0.2) is 0 Å². The first-order valence-electron chi connectivity index (χ1n) is 8.41. The second kappa shape index (κ2) is 8.13. The molecule has 0 bridgehead atoms. The lowest BCUT2D eigenvalue weighted by Crippen LogP contribution is -2.52. The maximum atomic E-state index is 12.5. The number of fused-ring (bicyclic) bond motifs is 1. The van der Waals surface area contributed by atoms with Crippen LogP contribution in [0.2, 0.25) is 0 Å². The van der Waals surface area contributed by atoms with Crippen LogP contribution < -0.4 is 10.6 Å². The van der Waals surface area contributed by atoms with Crippen molar-refractivity contribution >= 4 is 63.0 Å². The number of hydrogen-bond donors (Lipinski definition) is 2. The zero-order chi connectivity index (χ0) is 19.7. The molecule has 0 fully saturated rings. The number of carbonyl (C=O) groups excluding carboxylic acids is 2. The van der Waals surface area contributed by atoms with E-state index in [-0.39, 0.29) is 12.5 Å². The Morgan fingerprint density at radius 1 is 1.23 bits per heavy atom. The number of esters is 1. The van der Waals surface area contributed by atoms with Crippen molar-refractivity contribution in [2.45, 2.75) is 56.9 Å². The Kier molecular flexibility index (Phi) is 6.76. The molecule has 1 aliphatic carbocycles. The zero-order valence-electron chi connectivity index (χ0n) is 15.2. The predicted octanol–water partition coefficient (Wildman–Crippen LogP) is 4.68. The van der Waals surface area contributed by atoms with Crippen molar-refractivity contribution in [3.8, 4) is 0 Å². The van der Waals surface area contributed by atoms with Crippen LogP contribution in [0.15, 0.2) is 0 Å². The van der Waals surface area contributed by atoms with Crippen molar-refractivity contribution in [3.63, 3.8) is 0 Å². The molecule has 1 aliphatic rings. The molecule has 26 heavy (non-hydrogen) atoms. The molecule has 2 rings (SSSR count). The second-order valence-corrected chi connectivity index (χ2v) is 10.6. The molecule has 0 spiro atoms. The molecular formula is C17H23Cl3N2O3S. The van der Waals surface area contributed by atoms with Gasteiger partial charge in [-0.15, -0.1) is 11.3 Å². The van der Waals surface area contributed by atoms with Crippen LogP contribution in [-0.4, -0.2) is 28.4 Å². The molecule has 9 heteroatoms. The van der Waals surface area contributed by atoms with Crippen molar-refractivity contribution in [1.82, 2.24) is 5.32 Å². The highest BCUT2D eigenvalue weighted by Gasteiger charge is 2.38. The number of aryl methyl sites for hydroxylation is 1. The van der Waals surface area contributed by atoms with E-state index in [0.717, 1.165) is 29.7 Å². The van der Waals surface area contributed by atoms with E-state index >= 15 is 0 Å². The second-order valence-electron chi connectivity index (χ2n) is 7.12. The number of rotatable bonds is 5. The minimum atomic E-state index is -1.80. The van der Waals surface area contributed by atoms with E-state index in [1.165, 1.54) is 11.3 Å². The third kappa shape index (κ3) is 4.97. The summed E-state index contributed by atoms with van der Waals surface area (Å²) in [6.07, 6.45) is 1.73. The summed E-state index contributed by atoms with van der Waals surface area (Å²) in [4.78, 5) is 25.9. The molecule has 0 aliphatic heterocycles. The number of amides is 1. The van der Waals surface area contributed by atoms with Crippen molar-refractivity contribution in [3.05, 3.63) is 16.0 Å². The third-order valence-electron chi connectivity index (χ3n) is 3.96. The van der Waals surface area contributed by atoms with E-state index in [1.54, 1.807) is 27.7 Å². The molecule has 0 aromatic carbocycles. The van der Waals surface area contributed by atoms with E-state index in [0.29, 0.717) is 10.6 Å². The summed E-state index contributed by atoms with van der Waals surface area (Å²) in [5, 5.41) is 6.32. The van der Waals surface area contributed by atoms with Gasteiger partial charge in [0.25, 0.3) is 0 Å². The first-order chi connectivity index (χ1) is 11.9. The molecule has 1 heterocycles. The van der Waals surface area contributed by atoms with Crippen LogP contribution in [0.1, 0.15) is 54.9 Å². The van der Waals surface area contributed by atoms with E-state index < -0.39 is 21.3 Å². The molecule has 0 saturated carbocycles. The van der Waals surface area contributed by atoms with Crippen molar-refractivity contribution in [2.75, 3.05) is 11.9 Å². The number of hydrogen-bond acceptors (Lipinski definition) is 5. The maximum absolute atomic E-state index is 12.5. The number of thiophene rings is 1. The van der Waals surface area contributed by atoms with E-state index in [4.69, 9.17) is 39.5 Å². The molecular weight excluding hydrogens is 419 g/mol. The summed E-state index contributed by atoms with van der Waals surface area (Å²) in [6.45, 7) is 7.33. The highest BCUT2D eigenvalue weighted by Crippen LogP contribution is 2.41. The molecule has 1 unspecified atom stereocenters. The van der Waals surface area contributed by atoms with Gasteiger partial charge in [-0.3, -0.25) is 4.79 Å². The van der Waals surface area contributed by atoms with Gasteiger partial charge < -0.3 is 15.4 Å². The largest absolute Gasteiger partial charge is 0.462 e. The Balaban J connectivity index is 2.34. The topological polar surface area (TPSA) is 67.4 Å². The number of carbonyl (C=O) groups is 2. The van der Waals surface area contributed by atoms with E-state index in [9.17, 15) is 9.59 Å². The number of nitrogens with one attached hydrogen (secondary N) is 2. The highest BCUT2D eigenvalue weighted by molar-refractivity contribution is 7.16. The molecule has 1 aromatic heterocycles. The third-order valence-corrected chi connectivity index (χ3v) is 5.84. The lowest BCUT2D eigenvalue weighted by molar-refractivity contribution is -0.129. The van der Waals surface area contributed by atoms with Gasteiger partial charge in [0, 0.05) is 10.3 Å². The monoisotopic (exact) mass is 440 g/mol. The fourth-order valence-electron chi connectivity index (χ4n) is 2.60. The van der Waals surface area contributed by atoms with Crippen LogP contribution in [0.25, 0.3) is 0 Å². The fraction of sp³-hybridized carbons (Fsp3) is 0.647. The standard InChI is InChI=1S/C17H23Cl3N2O3S/c1-5-25-13(23)11-9-7-6-8-10(9)26-12(11)21-14(17(18,19)20)22-15(24)16(2,3)4/h14,21H,5-8H2,1-4H3,(H,22,24). The van der Waals surface area contributed by atoms with Crippen LogP contribution in [-0.2, 0) is 22.4 Å². The van der Waals surface area contributed by atoms with E-state index in [2.05, 4.69) is 10.6 Å². The van der Waals surface area contributed by atoms with Gasteiger partial charge in [0.05, 0.1) is 12.2 Å². The molecule has 146 valence electrons. The van der Waals surface area contributed by atoms with Gasteiger partial charge in [-0.2, -0.15) is 0 Å². The average Bonchev–Trinajstić information content (AvgIpc) is 3.04. The Hall–Kier alpha value is -0.690. The molecule has 1 atom stereocenters. The average molecular weight is 442 g/mol.